The van der Waals surface area contributed by atoms with Gasteiger partial charge in [0.1, 0.15) is 4.83 Å². The van der Waals surface area contributed by atoms with Gasteiger partial charge in [0.15, 0.2) is 0 Å². The fourth-order valence-electron chi connectivity index (χ4n) is 4.60. The number of pyridine rings is 1. The maximum Gasteiger partial charge on any atom is 0.125 e. The van der Waals surface area contributed by atoms with E-state index >= 15 is 0 Å². The van der Waals surface area contributed by atoms with Crippen molar-refractivity contribution in [2.24, 2.45) is 5.92 Å². The topological polar surface area (TPSA) is 12.9 Å². The van der Waals surface area contributed by atoms with Gasteiger partial charge in [-0.05, 0) is 61.3 Å². The summed E-state index contributed by atoms with van der Waals surface area (Å²) in [4.78, 5) is 7.97. The van der Waals surface area contributed by atoms with Crippen LogP contribution < -0.4 is 12.4 Å². The van der Waals surface area contributed by atoms with Gasteiger partial charge in [-0.3, -0.25) is 0 Å². The number of aryl methyl sites for hydroxylation is 2. The first-order chi connectivity index (χ1) is 13.6. The molecule has 0 saturated carbocycles. The first kappa shape index (κ1) is 20.1. The van der Waals surface area contributed by atoms with Crippen LogP contribution >= 0.6 is 11.3 Å². The van der Waals surface area contributed by atoms with Crippen molar-refractivity contribution in [1.29, 1.82) is 0 Å². The number of fused-ring (bicyclic) bond motifs is 3. The van der Waals surface area contributed by atoms with Gasteiger partial charge >= 0.3 is 0 Å². The minimum Gasteiger partial charge on any atom is -1.00 e. The fraction of sp³-hybridized carbons (Fsp3) is 0.269. The summed E-state index contributed by atoms with van der Waals surface area (Å²) in [5.41, 5.74) is 9.20. The molecule has 1 nitrogen and oxygen atoms in total. The SMILES string of the molecule is Cc1cccc(-c2c(C)c(-c3ccccc3)nc3sc4c(c23)CCC(C)C4)c1.[Cl-]. The first-order valence-corrected chi connectivity index (χ1v) is 11.0. The fourth-order valence-corrected chi connectivity index (χ4v) is 6.00. The molecule has 0 fully saturated rings. The molecule has 2 aromatic heterocycles. The molecule has 29 heavy (non-hydrogen) atoms. The molecule has 0 saturated heterocycles. The molecule has 3 heteroatoms. The molecule has 0 radical (unpaired) electrons. The average molecular weight is 419 g/mol. The lowest BCUT2D eigenvalue weighted by Gasteiger charge is -2.19. The molecule has 2 heterocycles. The van der Waals surface area contributed by atoms with E-state index in [1.54, 1.807) is 10.4 Å². The van der Waals surface area contributed by atoms with Crippen LogP contribution in [0.3, 0.4) is 0 Å². The van der Waals surface area contributed by atoms with Gasteiger partial charge in [0.05, 0.1) is 5.69 Å². The molecule has 0 aliphatic heterocycles. The van der Waals surface area contributed by atoms with Gasteiger partial charge in [-0.25, -0.2) is 4.98 Å². The molecule has 0 bridgehead atoms. The summed E-state index contributed by atoms with van der Waals surface area (Å²) in [6.45, 7) is 6.81. The highest BCUT2D eigenvalue weighted by molar-refractivity contribution is 7.19. The van der Waals surface area contributed by atoms with Gasteiger partial charge in [-0.15, -0.1) is 11.3 Å². The second-order valence-electron chi connectivity index (χ2n) is 8.23. The molecule has 0 spiro atoms. The van der Waals surface area contributed by atoms with Crippen molar-refractivity contribution in [1.82, 2.24) is 4.98 Å². The number of halogens is 1. The number of rotatable bonds is 2. The summed E-state index contributed by atoms with van der Waals surface area (Å²) >= 11 is 1.92. The average Bonchev–Trinajstić information content (AvgIpc) is 3.05. The van der Waals surface area contributed by atoms with E-state index in [0.717, 1.165) is 11.6 Å². The Balaban J connectivity index is 0.00000205. The van der Waals surface area contributed by atoms with Crippen LogP contribution in [-0.4, -0.2) is 4.98 Å². The maximum atomic E-state index is 5.20. The molecular formula is C26H25ClNS-. The van der Waals surface area contributed by atoms with E-state index in [1.165, 1.54) is 57.3 Å². The minimum atomic E-state index is 0. The summed E-state index contributed by atoms with van der Waals surface area (Å²) in [6, 6.07) is 19.6. The zero-order valence-electron chi connectivity index (χ0n) is 17.1. The van der Waals surface area contributed by atoms with Crippen molar-refractivity contribution in [2.45, 2.75) is 40.0 Å². The van der Waals surface area contributed by atoms with Gasteiger partial charge in [0.25, 0.3) is 0 Å². The highest BCUT2D eigenvalue weighted by Gasteiger charge is 2.25. The predicted octanol–water partition coefficient (Wildman–Crippen LogP) is 4.38. The Morgan fingerprint density at radius 1 is 0.966 bits per heavy atom. The second-order valence-corrected chi connectivity index (χ2v) is 9.31. The lowest BCUT2D eigenvalue weighted by Crippen LogP contribution is -3.00. The number of hydrogen-bond acceptors (Lipinski definition) is 2. The van der Waals surface area contributed by atoms with Gasteiger partial charge < -0.3 is 12.4 Å². The summed E-state index contributed by atoms with van der Waals surface area (Å²) in [5, 5.41) is 1.41. The summed E-state index contributed by atoms with van der Waals surface area (Å²) in [6.07, 6.45) is 3.66. The van der Waals surface area contributed by atoms with Crippen molar-refractivity contribution >= 4 is 21.6 Å². The lowest BCUT2D eigenvalue weighted by atomic mass is 9.85. The zero-order chi connectivity index (χ0) is 19.3. The highest BCUT2D eigenvalue weighted by Crippen LogP contribution is 2.45. The normalized spacial score (nSPS) is 15.8. The van der Waals surface area contributed by atoms with Crippen LogP contribution in [0.25, 0.3) is 32.6 Å². The molecule has 1 aliphatic rings. The van der Waals surface area contributed by atoms with E-state index in [1.807, 2.05) is 11.3 Å². The molecule has 1 unspecified atom stereocenters. The molecule has 148 valence electrons. The Bertz CT molecular complexity index is 1180. The molecule has 1 aliphatic carbocycles. The number of thiophene rings is 1. The van der Waals surface area contributed by atoms with Crippen LogP contribution in [0.5, 0.6) is 0 Å². The highest BCUT2D eigenvalue weighted by atomic mass is 35.5. The third kappa shape index (κ3) is 3.49. The lowest BCUT2D eigenvalue weighted by molar-refractivity contribution is -0.00000568. The van der Waals surface area contributed by atoms with E-state index in [0.29, 0.717) is 0 Å². The molecule has 2 aromatic carbocycles. The van der Waals surface area contributed by atoms with Crippen molar-refractivity contribution < 1.29 is 12.4 Å². The van der Waals surface area contributed by atoms with Crippen LogP contribution in [0, 0.1) is 19.8 Å². The Morgan fingerprint density at radius 2 is 1.72 bits per heavy atom. The number of aromatic nitrogens is 1. The van der Waals surface area contributed by atoms with Crippen molar-refractivity contribution in [2.75, 3.05) is 0 Å². The van der Waals surface area contributed by atoms with Crippen LogP contribution in [-0.2, 0) is 12.8 Å². The number of benzene rings is 2. The van der Waals surface area contributed by atoms with E-state index < -0.39 is 0 Å². The first-order valence-electron chi connectivity index (χ1n) is 10.2. The molecule has 4 aromatic rings. The van der Waals surface area contributed by atoms with Crippen molar-refractivity contribution in [3.05, 3.63) is 76.2 Å². The molecule has 0 amide bonds. The van der Waals surface area contributed by atoms with Crippen molar-refractivity contribution in [3.8, 4) is 22.4 Å². The quantitative estimate of drug-likeness (QED) is 0.471. The van der Waals surface area contributed by atoms with Crippen LogP contribution in [0.4, 0.5) is 0 Å². The van der Waals surface area contributed by atoms with Gasteiger partial charge in [0.2, 0.25) is 0 Å². The van der Waals surface area contributed by atoms with Gasteiger partial charge in [-0.2, -0.15) is 0 Å². The molecule has 0 N–H and O–H groups in total. The van der Waals surface area contributed by atoms with Crippen molar-refractivity contribution in [3.63, 3.8) is 0 Å². The standard InChI is InChI=1S/C26H25NS.ClH/c1-16-8-7-11-20(14-16)23-18(3)25(19-9-5-4-6-10-19)27-26-24(23)21-13-12-17(2)15-22(21)28-26;/h4-11,14,17H,12-13,15H2,1-3H3;1H/p-1. The Kier molecular flexibility index (Phi) is 5.50. The second kappa shape index (κ2) is 7.93. The summed E-state index contributed by atoms with van der Waals surface area (Å²) in [7, 11) is 0. The predicted molar refractivity (Wildman–Crippen MR) is 121 cm³/mol. The summed E-state index contributed by atoms with van der Waals surface area (Å²) in [5.74, 6) is 0.776. The number of hydrogen-bond donors (Lipinski definition) is 0. The Hall–Kier alpha value is -2.16. The summed E-state index contributed by atoms with van der Waals surface area (Å²) < 4.78 is 0. The van der Waals surface area contributed by atoms with E-state index in [-0.39, 0.29) is 12.4 Å². The molecule has 5 rings (SSSR count). The third-order valence-electron chi connectivity index (χ3n) is 6.04. The Labute approximate surface area is 183 Å². The van der Waals surface area contributed by atoms with Crippen LogP contribution in [0.2, 0.25) is 0 Å². The number of nitrogens with zero attached hydrogens (tertiary/aromatic N) is 1. The van der Waals surface area contributed by atoms with E-state index in [9.17, 15) is 0 Å². The molecular weight excluding hydrogens is 394 g/mol. The van der Waals surface area contributed by atoms with Crippen LogP contribution in [0.15, 0.2) is 54.6 Å². The van der Waals surface area contributed by atoms with E-state index in [4.69, 9.17) is 4.98 Å². The van der Waals surface area contributed by atoms with Gasteiger partial charge in [0, 0.05) is 15.8 Å². The smallest absolute Gasteiger partial charge is 0.125 e. The minimum absolute atomic E-state index is 0. The maximum absolute atomic E-state index is 5.20. The molecule has 1 atom stereocenters. The van der Waals surface area contributed by atoms with Gasteiger partial charge in [-0.1, -0.05) is 67.1 Å². The van der Waals surface area contributed by atoms with E-state index in [2.05, 4.69) is 75.4 Å². The largest absolute Gasteiger partial charge is 1.00 e. The monoisotopic (exact) mass is 418 g/mol. The Morgan fingerprint density at radius 3 is 2.48 bits per heavy atom. The zero-order valence-corrected chi connectivity index (χ0v) is 18.7. The third-order valence-corrected chi connectivity index (χ3v) is 7.19. The van der Waals surface area contributed by atoms with Crippen LogP contribution in [0.1, 0.15) is 34.9 Å².